The summed E-state index contributed by atoms with van der Waals surface area (Å²) in [5.41, 5.74) is 2.12. The first-order valence-electron chi connectivity index (χ1n) is 4.24. The van der Waals surface area contributed by atoms with Crippen LogP contribution in [-0.4, -0.2) is 35.4 Å². The van der Waals surface area contributed by atoms with Crippen LogP contribution in [0, 0.1) is 0 Å². The molecule has 0 saturated carbocycles. The second-order valence-electron chi connectivity index (χ2n) is 2.98. The van der Waals surface area contributed by atoms with Crippen molar-refractivity contribution in [2.75, 3.05) is 14.1 Å². The number of aromatic amines is 1. The van der Waals surface area contributed by atoms with E-state index >= 15 is 0 Å². The van der Waals surface area contributed by atoms with E-state index in [2.05, 4.69) is 9.97 Å². The quantitative estimate of drug-likeness (QED) is 0.690. The van der Waals surface area contributed by atoms with Crippen molar-refractivity contribution in [3.63, 3.8) is 0 Å². The Hall–Kier alpha value is -1.84. The fourth-order valence-corrected chi connectivity index (χ4v) is 0.883. The van der Waals surface area contributed by atoms with Gasteiger partial charge in [0.25, 0.3) is 0 Å². The molecule has 0 aliphatic rings. The normalized spacial score (nSPS) is 9.00. The molecule has 2 rings (SSSR count). The molecule has 0 unspecified atom stereocenters. The van der Waals surface area contributed by atoms with E-state index in [4.69, 9.17) is 0 Å². The molecule has 2 aromatic rings. The molecule has 0 spiro atoms. The highest BCUT2D eigenvalue weighted by molar-refractivity contribution is 5.73. The van der Waals surface area contributed by atoms with Gasteiger partial charge in [0, 0.05) is 26.5 Å². The van der Waals surface area contributed by atoms with Crippen molar-refractivity contribution in [3.8, 4) is 0 Å². The molecule has 4 nitrogen and oxygen atoms in total. The van der Waals surface area contributed by atoms with Crippen molar-refractivity contribution in [1.29, 1.82) is 0 Å². The molecule has 1 amide bonds. The van der Waals surface area contributed by atoms with Gasteiger partial charge in [0.2, 0.25) is 6.41 Å². The number of aromatic nitrogens is 2. The summed E-state index contributed by atoms with van der Waals surface area (Å²) in [7, 11) is 3.38. The minimum Gasteiger partial charge on any atom is -0.360 e. The molecule has 2 aromatic heterocycles. The van der Waals surface area contributed by atoms with Crippen LogP contribution in [0.25, 0.3) is 11.0 Å². The second kappa shape index (κ2) is 5.01. The fourth-order valence-electron chi connectivity index (χ4n) is 0.883. The van der Waals surface area contributed by atoms with Gasteiger partial charge in [0.15, 0.2) is 0 Å². The Morgan fingerprint density at radius 3 is 2.71 bits per heavy atom. The van der Waals surface area contributed by atoms with Crippen LogP contribution in [0.5, 0.6) is 0 Å². The highest BCUT2D eigenvalue weighted by Gasteiger charge is 1.88. The SMILES string of the molecule is CN(C)C=O.c1cnc2cc[nH]c2c1. The molecule has 0 saturated heterocycles. The Bertz CT molecular complexity index is 365. The van der Waals surface area contributed by atoms with Crippen LogP contribution in [0.2, 0.25) is 0 Å². The van der Waals surface area contributed by atoms with Gasteiger partial charge in [-0.3, -0.25) is 9.78 Å². The van der Waals surface area contributed by atoms with Crippen molar-refractivity contribution in [3.05, 3.63) is 30.6 Å². The monoisotopic (exact) mass is 191 g/mol. The standard InChI is InChI=1S/C7H6N2.C3H7NO/c1-2-6-7(8-4-1)3-5-9-6;1-4(2)3-5/h1-5,9H;3H,1-2H3. The van der Waals surface area contributed by atoms with Gasteiger partial charge in [-0.1, -0.05) is 0 Å². The Labute approximate surface area is 82.6 Å². The zero-order chi connectivity index (χ0) is 10.4. The lowest BCUT2D eigenvalue weighted by Crippen LogP contribution is -2.06. The molecule has 0 fully saturated rings. The van der Waals surface area contributed by atoms with Crippen LogP contribution in [0.4, 0.5) is 0 Å². The van der Waals surface area contributed by atoms with Gasteiger partial charge >= 0.3 is 0 Å². The van der Waals surface area contributed by atoms with E-state index in [0.717, 1.165) is 17.4 Å². The number of fused-ring (bicyclic) bond motifs is 1. The highest BCUT2D eigenvalue weighted by atomic mass is 16.1. The number of hydrogen-bond donors (Lipinski definition) is 1. The molecule has 0 bridgehead atoms. The second-order valence-corrected chi connectivity index (χ2v) is 2.98. The summed E-state index contributed by atoms with van der Waals surface area (Å²) in [5, 5.41) is 0. The summed E-state index contributed by atoms with van der Waals surface area (Å²) in [5.74, 6) is 0. The van der Waals surface area contributed by atoms with Crippen molar-refractivity contribution < 1.29 is 4.79 Å². The number of H-pyrrole nitrogens is 1. The number of nitrogens with zero attached hydrogens (tertiary/aromatic N) is 2. The molecule has 0 aromatic carbocycles. The van der Waals surface area contributed by atoms with Gasteiger partial charge in [0.1, 0.15) is 0 Å². The predicted octanol–water partition coefficient (Wildman–Crippen LogP) is 1.27. The summed E-state index contributed by atoms with van der Waals surface area (Å²) < 4.78 is 0. The van der Waals surface area contributed by atoms with E-state index in [9.17, 15) is 4.79 Å². The zero-order valence-electron chi connectivity index (χ0n) is 8.27. The van der Waals surface area contributed by atoms with Gasteiger partial charge in [-0.25, -0.2) is 0 Å². The van der Waals surface area contributed by atoms with E-state index in [1.54, 1.807) is 20.3 Å². The van der Waals surface area contributed by atoms with Crippen LogP contribution >= 0.6 is 0 Å². The van der Waals surface area contributed by atoms with E-state index in [1.807, 2.05) is 24.4 Å². The maximum atomic E-state index is 9.43. The third-order valence-electron chi connectivity index (χ3n) is 1.53. The summed E-state index contributed by atoms with van der Waals surface area (Å²) >= 11 is 0. The molecular weight excluding hydrogens is 178 g/mol. The smallest absolute Gasteiger partial charge is 0.209 e. The third-order valence-corrected chi connectivity index (χ3v) is 1.53. The van der Waals surface area contributed by atoms with Crippen LogP contribution < -0.4 is 0 Å². The number of carbonyl (C=O) groups is 1. The largest absolute Gasteiger partial charge is 0.360 e. The topological polar surface area (TPSA) is 49.0 Å². The number of pyridine rings is 1. The number of hydrogen-bond acceptors (Lipinski definition) is 2. The molecule has 0 aliphatic carbocycles. The van der Waals surface area contributed by atoms with Crippen molar-refractivity contribution in [1.82, 2.24) is 14.9 Å². The van der Waals surface area contributed by atoms with Gasteiger partial charge in [-0.2, -0.15) is 0 Å². The average Bonchev–Trinajstić information content (AvgIpc) is 2.66. The molecular formula is C10H13N3O. The molecule has 1 N–H and O–H groups in total. The van der Waals surface area contributed by atoms with Crippen molar-refractivity contribution in [2.45, 2.75) is 0 Å². The molecule has 14 heavy (non-hydrogen) atoms. The van der Waals surface area contributed by atoms with E-state index < -0.39 is 0 Å². The lowest BCUT2D eigenvalue weighted by atomic mass is 10.4. The van der Waals surface area contributed by atoms with E-state index in [-0.39, 0.29) is 0 Å². The van der Waals surface area contributed by atoms with Crippen molar-refractivity contribution >= 4 is 17.4 Å². The summed E-state index contributed by atoms with van der Waals surface area (Å²) in [6.45, 7) is 0. The number of amides is 1. The molecule has 0 atom stereocenters. The Morgan fingerprint density at radius 1 is 1.43 bits per heavy atom. The number of nitrogens with one attached hydrogen (secondary N) is 1. The number of carbonyl (C=O) groups excluding carboxylic acids is 1. The molecule has 74 valence electrons. The lowest BCUT2D eigenvalue weighted by molar-refractivity contribution is -0.115. The van der Waals surface area contributed by atoms with Gasteiger partial charge in [0.05, 0.1) is 11.0 Å². The molecule has 4 heteroatoms. The Morgan fingerprint density at radius 2 is 2.14 bits per heavy atom. The Kier molecular flexibility index (Phi) is 3.67. The van der Waals surface area contributed by atoms with Gasteiger partial charge in [-0.15, -0.1) is 0 Å². The first-order valence-corrected chi connectivity index (χ1v) is 4.24. The molecule has 0 aliphatic heterocycles. The average molecular weight is 191 g/mol. The maximum absolute atomic E-state index is 9.43. The maximum Gasteiger partial charge on any atom is 0.209 e. The molecule has 2 heterocycles. The lowest BCUT2D eigenvalue weighted by Gasteiger charge is -1.93. The first kappa shape index (κ1) is 10.2. The third kappa shape index (κ3) is 2.90. The number of rotatable bonds is 1. The van der Waals surface area contributed by atoms with Gasteiger partial charge in [-0.05, 0) is 18.2 Å². The minimum absolute atomic E-state index is 0.750. The van der Waals surface area contributed by atoms with Crippen LogP contribution in [0.1, 0.15) is 0 Å². The van der Waals surface area contributed by atoms with Gasteiger partial charge < -0.3 is 9.88 Å². The van der Waals surface area contributed by atoms with E-state index in [0.29, 0.717) is 0 Å². The summed E-state index contributed by atoms with van der Waals surface area (Å²) in [6.07, 6.45) is 4.42. The van der Waals surface area contributed by atoms with Crippen LogP contribution in [-0.2, 0) is 4.79 Å². The minimum atomic E-state index is 0.750. The predicted molar refractivity (Wildman–Crippen MR) is 55.8 cm³/mol. The zero-order valence-corrected chi connectivity index (χ0v) is 8.27. The summed E-state index contributed by atoms with van der Waals surface area (Å²) in [4.78, 5) is 18.0. The van der Waals surface area contributed by atoms with Crippen molar-refractivity contribution in [2.24, 2.45) is 0 Å². The summed E-state index contributed by atoms with van der Waals surface area (Å²) in [6, 6.07) is 5.87. The first-order chi connectivity index (χ1) is 6.74. The van der Waals surface area contributed by atoms with E-state index in [1.165, 1.54) is 4.90 Å². The van der Waals surface area contributed by atoms with Crippen LogP contribution in [0.15, 0.2) is 30.6 Å². The Balaban J connectivity index is 0.000000171. The molecule has 0 radical (unpaired) electrons. The fraction of sp³-hybridized carbons (Fsp3) is 0.200. The highest BCUT2D eigenvalue weighted by Crippen LogP contribution is 2.05. The van der Waals surface area contributed by atoms with Crippen LogP contribution in [0.3, 0.4) is 0 Å².